The summed E-state index contributed by atoms with van der Waals surface area (Å²) >= 11 is 0. The molecule has 0 aromatic heterocycles. The number of hydrogen-bond donors (Lipinski definition) is 3. The number of ether oxygens (including phenoxy) is 2. The Bertz CT molecular complexity index is 447. The Kier molecular flexibility index (Phi) is 10.8. The van der Waals surface area contributed by atoms with Gasteiger partial charge in [0.25, 0.3) is 0 Å². The molecule has 4 N–H and O–H groups in total. The van der Waals surface area contributed by atoms with Crippen LogP contribution in [0.5, 0.6) is 0 Å². The quantitative estimate of drug-likeness (QED) is 0.489. The molecule has 0 saturated heterocycles. The maximum absolute atomic E-state index is 11.6. The molecule has 0 heterocycles. The average Bonchev–Trinajstić information content (AvgIpc) is 2.43. The van der Waals surface area contributed by atoms with Gasteiger partial charge in [-0.2, -0.15) is 0 Å². The van der Waals surface area contributed by atoms with E-state index in [9.17, 15) is 14.4 Å². The molecular weight excluding hydrogens is 352 g/mol. The van der Waals surface area contributed by atoms with Crippen LogP contribution in [0.4, 0.5) is 9.59 Å². The summed E-state index contributed by atoms with van der Waals surface area (Å²) in [5.74, 6) is -0.421. The fourth-order valence-electron chi connectivity index (χ4n) is 2.10. The standard InChI is InChI=1S/C18H36N4O5/c1-17(2,3)26-15(24)20-9-7-11-22(13-14(19)23)12-8-10-21-16(25)27-18(4,5)6/h7-13H2,1-6H3,(H2,19,23)(H,20,24)(H,21,25). The molecule has 27 heavy (non-hydrogen) atoms. The molecule has 0 saturated carbocycles. The summed E-state index contributed by atoms with van der Waals surface area (Å²) in [7, 11) is 0. The summed E-state index contributed by atoms with van der Waals surface area (Å²) in [6.45, 7) is 13.0. The smallest absolute Gasteiger partial charge is 0.407 e. The first-order chi connectivity index (χ1) is 12.3. The Hall–Kier alpha value is -2.03. The van der Waals surface area contributed by atoms with E-state index in [1.165, 1.54) is 0 Å². The number of nitrogens with zero attached hydrogens (tertiary/aromatic N) is 1. The highest BCUT2D eigenvalue weighted by atomic mass is 16.6. The molecule has 158 valence electrons. The van der Waals surface area contributed by atoms with Crippen molar-refractivity contribution in [3.63, 3.8) is 0 Å². The van der Waals surface area contributed by atoms with E-state index in [0.29, 0.717) is 39.0 Å². The number of rotatable bonds is 10. The third-order valence-corrected chi connectivity index (χ3v) is 3.02. The van der Waals surface area contributed by atoms with Crippen LogP contribution in [-0.2, 0) is 14.3 Å². The fraction of sp³-hybridized carbons (Fsp3) is 0.833. The predicted octanol–water partition coefficient (Wildman–Crippen LogP) is 1.60. The van der Waals surface area contributed by atoms with Crippen LogP contribution in [0, 0.1) is 0 Å². The van der Waals surface area contributed by atoms with Crippen molar-refractivity contribution in [2.75, 3.05) is 32.7 Å². The van der Waals surface area contributed by atoms with Crippen LogP contribution >= 0.6 is 0 Å². The molecule has 0 aliphatic carbocycles. The normalized spacial score (nSPS) is 11.8. The van der Waals surface area contributed by atoms with Gasteiger partial charge in [-0.15, -0.1) is 0 Å². The molecule has 9 nitrogen and oxygen atoms in total. The molecule has 0 spiro atoms. The van der Waals surface area contributed by atoms with Gasteiger partial charge in [0.05, 0.1) is 6.54 Å². The van der Waals surface area contributed by atoms with Crippen LogP contribution in [-0.4, -0.2) is 66.9 Å². The minimum absolute atomic E-state index is 0.124. The lowest BCUT2D eigenvalue weighted by atomic mass is 10.2. The Morgan fingerprint density at radius 2 is 1.19 bits per heavy atom. The number of nitrogens with one attached hydrogen (secondary N) is 2. The number of alkyl carbamates (subject to hydrolysis) is 2. The zero-order valence-electron chi connectivity index (χ0n) is 17.5. The Labute approximate surface area is 162 Å². The zero-order chi connectivity index (χ0) is 21.1. The molecule has 0 aromatic rings. The summed E-state index contributed by atoms with van der Waals surface area (Å²) in [6.07, 6.45) is 0.355. The lowest BCUT2D eigenvalue weighted by Crippen LogP contribution is -2.39. The molecule has 0 fully saturated rings. The molecule has 0 aliphatic heterocycles. The maximum atomic E-state index is 11.6. The minimum Gasteiger partial charge on any atom is -0.444 e. The second-order valence-electron chi connectivity index (χ2n) is 8.31. The summed E-state index contributed by atoms with van der Waals surface area (Å²) in [6, 6.07) is 0. The largest absolute Gasteiger partial charge is 0.444 e. The van der Waals surface area contributed by atoms with Crippen molar-refractivity contribution in [1.82, 2.24) is 15.5 Å². The van der Waals surface area contributed by atoms with Gasteiger partial charge < -0.3 is 25.8 Å². The summed E-state index contributed by atoms with van der Waals surface area (Å²) in [5.41, 5.74) is 4.20. The summed E-state index contributed by atoms with van der Waals surface area (Å²) < 4.78 is 10.3. The molecule has 0 unspecified atom stereocenters. The van der Waals surface area contributed by atoms with Gasteiger partial charge in [-0.3, -0.25) is 9.69 Å². The highest BCUT2D eigenvalue weighted by molar-refractivity contribution is 5.75. The predicted molar refractivity (Wildman–Crippen MR) is 103 cm³/mol. The lowest BCUT2D eigenvalue weighted by molar-refractivity contribution is -0.119. The number of primary amides is 1. The van der Waals surface area contributed by atoms with E-state index in [0.717, 1.165) is 0 Å². The molecule has 0 radical (unpaired) electrons. The van der Waals surface area contributed by atoms with E-state index < -0.39 is 29.3 Å². The molecular formula is C18H36N4O5. The second kappa shape index (κ2) is 11.6. The van der Waals surface area contributed by atoms with Crippen LogP contribution < -0.4 is 16.4 Å². The molecule has 0 rings (SSSR count). The lowest BCUT2D eigenvalue weighted by Gasteiger charge is -2.22. The minimum atomic E-state index is -0.538. The highest BCUT2D eigenvalue weighted by Crippen LogP contribution is 2.07. The van der Waals surface area contributed by atoms with E-state index in [4.69, 9.17) is 15.2 Å². The van der Waals surface area contributed by atoms with Gasteiger partial charge in [0, 0.05) is 26.2 Å². The maximum Gasteiger partial charge on any atom is 0.407 e. The Morgan fingerprint density at radius 1 is 0.815 bits per heavy atom. The van der Waals surface area contributed by atoms with E-state index in [-0.39, 0.29) is 6.54 Å². The van der Waals surface area contributed by atoms with Crippen molar-refractivity contribution in [1.29, 1.82) is 0 Å². The molecule has 9 heteroatoms. The highest BCUT2D eigenvalue weighted by Gasteiger charge is 2.17. The van der Waals surface area contributed by atoms with Crippen molar-refractivity contribution in [3.8, 4) is 0 Å². The second-order valence-corrected chi connectivity index (χ2v) is 8.31. The van der Waals surface area contributed by atoms with E-state index >= 15 is 0 Å². The van der Waals surface area contributed by atoms with Gasteiger partial charge in [0.2, 0.25) is 5.91 Å². The van der Waals surface area contributed by atoms with Gasteiger partial charge in [0.15, 0.2) is 0 Å². The first kappa shape index (κ1) is 25.0. The van der Waals surface area contributed by atoms with Gasteiger partial charge in [0.1, 0.15) is 11.2 Å². The van der Waals surface area contributed by atoms with Crippen molar-refractivity contribution in [3.05, 3.63) is 0 Å². The third kappa shape index (κ3) is 17.2. The van der Waals surface area contributed by atoms with Crippen LogP contribution in [0.15, 0.2) is 0 Å². The monoisotopic (exact) mass is 388 g/mol. The van der Waals surface area contributed by atoms with Crippen LogP contribution in [0.2, 0.25) is 0 Å². The first-order valence-corrected chi connectivity index (χ1v) is 9.23. The number of hydrogen-bond acceptors (Lipinski definition) is 6. The fourth-order valence-corrected chi connectivity index (χ4v) is 2.10. The molecule has 0 bridgehead atoms. The topological polar surface area (TPSA) is 123 Å². The number of carbonyl (C=O) groups is 3. The zero-order valence-corrected chi connectivity index (χ0v) is 17.5. The summed E-state index contributed by atoms with van der Waals surface area (Å²) in [4.78, 5) is 36.3. The number of amides is 3. The Morgan fingerprint density at radius 3 is 1.48 bits per heavy atom. The average molecular weight is 389 g/mol. The van der Waals surface area contributed by atoms with Gasteiger partial charge >= 0.3 is 12.2 Å². The van der Waals surface area contributed by atoms with Crippen molar-refractivity contribution in [2.45, 2.75) is 65.6 Å². The number of carbonyl (C=O) groups excluding carboxylic acids is 3. The van der Waals surface area contributed by atoms with E-state index in [2.05, 4.69) is 10.6 Å². The Balaban J connectivity index is 4.09. The van der Waals surface area contributed by atoms with Gasteiger partial charge in [-0.05, 0) is 54.4 Å². The van der Waals surface area contributed by atoms with Gasteiger partial charge in [-0.1, -0.05) is 0 Å². The van der Waals surface area contributed by atoms with Gasteiger partial charge in [-0.25, -0.2) is 9.59 Å². The molecule has 0 atom stereocenters. The summed E-state index contributed by atoms with van der Waals surface area (Å²) in [5, 5.41) is 5.35. The van der Waals surface area contributed by atoms with Crippen LogP contribution in [0.25, 0.3) is 0 Å². The van der Waals surface area contributed by atoms with E-state index in [1.807, 2.05) is 4.90 Å². The SMILES string of the molecule is CC(C)(C)OC(=O)NCCCN(CCCNC(=O)OC(C)(C)C)CC(N)=O. The molecule has 0 aliphatic rings. The first-order valence-electron chi connectivity index (χ1n) is 9.23. The third-order valence-electron chi connectivity index (χ3n) is 3.02. The molecule has 0 aromatic carbocycles. The van der Waals surface area contributed by atoms with Crippen molar-refractivity contribution < 1.29 is 23.9 Å². The van der Waals surface area contributed by atoms with Crippen LogP contribution in [0.1, 0.15) is 54.4 Å². The van der Waals surface area contributed by atoms with Crippen LogP contribution in [0.3, 0.4) is 0 Å². The van der Waals surface area contributed by atoms with Crippen molar-refractivity contribution in [2.24, 2.45) is 5.73 Å². The molecule has 3 amide bonds. The van der Waals surface area contributed by atoms with Crippen molar-refractivity contribution >= 4 is 18.1 Å². The number of nitrogens with two attached hydrogens (primary N) is 1. The van der Waals surface area contributed by atoms with E-state index in [1.54, 1.807) is 41.5 Å².